The molecule has 58 valence electrons. The Morgan fingerprint density at radius 3 is 1.60 bits per heavy atom. The molecular weight excluding hydrogens is 149 g/mol. The van der Waals surface area contributed by atoms with E-state index in [1.54, 1.807) is 0 Å². The second kappa shape index (κ2) is 6.00. The number of carbonyl (C=O) groups is 1. The highest BCUT2D eigenvalue weighted by molar-refractivity contribution is 5.82. The fraction of sp³-hybridized carbons (Fsp3) is 0.200. The molecule has 2 nitrogen and oxygen atoms in total. The van der Waals surface area contributed by atoms with Gasteiger partial charge < -0.3 is 9.90 Å². The molecule has 0 saturated carbocycles. The number of aliphatic carboxylic acids is 1. The third-order valence-electron chi connectivity index (χ3n) is 0.348. The Morgan fingerprint density at radius 1 is 1.50 bits per heavy atom. The van der Waals surface area contributed by atoms with E-state index in [2.05, 4.69) is 6.58 Å². The highest BCUT2D eigenvalue weighted by atomic mass is 19.4. The summed E-state index contributed by atoms with van der Waals surface area (Å²) in [5.41, 5.74) is 0.0648. The summed E-state index contributed by atoms with van der Waals surface area (Å²) < 4.78 is 28.8. The van der Waals surface area contributed by atoms with Gasteiger partial charge in [-0.1, -0.05) is 6.58 Å². The van der Waals surface area contributed by atoms with Crippen LogP contribution in [0.3, 0.4) is 0 Å². The van der Waals surface area contributed by atoms with Crippen LogP contribution in [0.25, 0.3) is 0 Å². The van der Waals surface area contributed by atoms with Gasteiger partial charge in [0.25, 0.3) is 0 Å². The zero-order chi connectivity index (χ0) is 8.73. The van der Waals surface area contributed by atoms with Gasteiger partial charge in [-0.2, -0.15) is 0 Å². The average Bonchev–Trinajstić information content (AvgIpc) is 1.63. The molecule has 0 radical (unpaired) electrons. The number of carboxylic acids is 1. The van der Waals surface area contributed by atoms with Crippen LogP contribution in [0, 0.1) is 6.68 Å². The Bertz CT molecular complexity index is 107. The summed E-state index contributed by atoms with van der Waals surface area (Å²) in [7, 11) is 0. The van der Waals surface area contributed by atoms with Gasteiger partial charge >= 0.3 is 6.68 Å². The maximum Gasteiger partial charge on any atom is 0.724 e. The van der Waals surface area contributed by atoms with Gasteiger partial charge in [0.05, 0.1) is 19.1 Å². The SMILES string of the molecule is C=C(C)C(=O)[O-].F[C+](F)F. The van der Waals surface area contributed by atoms with E-state index in [0.717, 1.165) is 0 Å². The molecule has 0 aromatic rings. The molecule has 5 heteroatoms. The van der Waals surface area contributed by atoms with E-state index >= 15 is 0 Å². The molecule has 0 aromatic carbocycles. The van der Waals surface area contributed by atoms with Crippen molar-refractivity contribution in [2.24, 2.45) is 0 Å². The molecule has 0 aliphatic carbocycles. The standard InChI is InChI=1S/C4H6O2.CF3/c1-3(2)4(5)6;2-1(3)4/h1H2,2H3,(H,5,6);/q;+1/p-1. The van der Waals surface area contributed by atoms with E-state index in [9.17, 15) is 23.1 Å². The normalized spacial score (nSPS) is 7.20. The van der Waals surface area contributed by atoms with Gasteiger partial charge in [0.1, 0.15) is 0 Å². The molecule has 0 unspecified atom stereocenters. The molecule has 0 saturated heterocycles. The summed E-state index contributed by atoms with van der Waals surface area (Å²) in [5.74, 6) is -1.19. The molecule has 0 bridgehead atoms. The van der Waals surface area contributed by atoms with Crippen LogP contribution in [0.4, 0.5) is 13.2 Å². The summed E-state index contributed by atoms with van der Waals surface area (Å²) in [4.78, 5) is 9.49. The lowest BCUT2D eigenvalue weighted by molar-refractivity contribution is -0.299. The van der Waals surface area contributed by atoms with Crippen molar-refractivity contribution in [1.29, 1.82) is 0 Å². The number of carbonyl (C=O) groups excluding carboxylic acids is 1. The van der Waals surface area contributed by atoms with Gasteiger partial charge in [0.15, 0.2) is 0 Å². The lowest BCUT2D eigenvalue weighted by atomic mass is 10.4. The van der Waals surface area contributed by atoms with Gasteiger partial charge in [-0.25, -0.2) is 0 Å². The summed E-state index contributed by atoms with van der Waals surface area (Å²) in [5, 5.41) is 9.49. The number of rotatable bonds is 1. The van der Waals surface area contributed by atoms with Crippen molar-refractivity contribution in [3.63, 3.8) is 0 Å². The second-order valence-electron chi connectivity index (χ2n) is 1.28. The molecule has 0 spiro atoms. The average molecular weight is 154 g/mol. The smallest absolute Gasteiger partial charge is 0.545 e. The van der Waals surface area contributed by atoms with E-state index in [4.69, 9.17) is 0 Å². The van der Waals surface area contributed by atoms with Crippen molar-refractivity contribution in [1.82, 2.24) is 0 Å². The van der Waals surface area contributed by atoms with Crippen molar-refractivity contribution in [3.8, 4) is 0 Å². The van der Waals surface area contributed by atoms with E-state index < -0.39 is 12.6 Å². The molecule has 0 fully saturated rings. The van der Waals surface area contributed by atoms with Crippen LogP contribution in [0.2, 0.25) is 0 Å². The zero-order valence-electron chi connectivity index (χ0n) is 5.16. The predicted octanol–water partition coefficient (Wildman–Crippen LogP) is 0.654. The Kier molecular flexibility index (Phi) is 6.98. The van der Waals surface area contributed by atoms with Crippen LogP contribution < -0.4 is 5.11 Å². The van der Waals surface area contributed by atoms with E-state index in [1.165, 1.54) is 6.92 Å². The number of hydrogen-bond donors (Lipinski definition) is 0. The minimum atomic E-state index is -3.08. The highest BCUT2D eigenvalue weighted by Gasteiger charge is 2.17. The maximum atomic E-state index is 9.58. The van der Waals surface area contributed by atoms with E-state index in [0.29, 0.717) is 0 Å². The minimum absolute atomic E-state index is 0.0648. The van der Waals surface area contributed by atoms with Crippen molar-refractivity contribution in [3.05, 3.63) is 18.8 Å². The third-order valence-corrected chi connectivity index (χ3v) is 0.348. The first-order valence-corrected chi connectivity index (χ1v) is 2.08. The Balaban J connectivity index is 0. The molecular formula is C5H5F3O2. The molecule has 0 aliphatic rings. The maximum absolute atomic E-state index is 9.58. The van der Waals surface area contributed by atoms with Crippen LogP contribution in [0.1, 0.15) is 6.92 Å². The fourth-order valence-corrected chi connectivity index (χ4v) is 0. The molecule has 0 N–H and O–H groups in total. The Labute approximate surface area is 56.0 Å². The van der Waals surface area contributed by atoms with Gasteiger partial charge in [-0.3, -0.25) is 0 Å². The van der Waals surface area contributed by atoms with Crippen molar-refractivity contribution < 1.29 is 23.1 Å². The van der Waals surface area contributed by atoms with Crippen LogP contribution in [-0.2, 0) is 4.79 Å². The predicted molar refractivity (Wildman–Crippen MR) is 26.4 cm³/mol. The van der Waals surface area contributed by atoms with E-state index in [-0.39, 0.29) is 5.57 Å². The zero-order valence-corrected chi connectivity index (χ0v) is 5.16. The first-order chi connectivity index (χ1) is 4.37. The summed E-state index contributed by atoms with van der Waals surface area (Å²) in [6, 6.07) is 0. The summed E-state index contributed by atoms with van der Waals surface area (Å²) in [6.07, 6.45) is 0. The highest BCUT2D eigenvalue weighted by Crippen LogP contribution is 1.99. The molecule has 0 rings (SSSR count). The van der Waals surface area contributed by atoms with Gasteiger partial charge in [0, 0.05) is 0 Å². The van der Waals surface area contributed by atoms with Gasteiger partial charge in [-0.05, 0) is 12.5 Å². The molecule has 0 aromatic heterocycles. The Morgan fingerprint density at radius 2 is 1.60 bits per heavy atom. The van der Waals surface area contributed by atoms with Crippen LogP contribution in [-0.4, -0.2) is 5.97 Å². The van der Waals surface area contributed by atoms with Crippen LogP contribution in [0.5, 0.6) is 0 Å². The minimum Gasteiger partial charge on any atom is -0.545 e. The molecule has 0 amide bonds. The number of halogens is 3. The first kappa shape index (κ1) is 11.6. The Hall–Kier alpha value is -1.13. The summed E-state index contributed by atoms with van der Waals surface area (Å²) >= 11 is 0. The topological polar surface area (TPSA) is 40.1 Å². The van der Waals surface area contributed by atoms with Crippen molar-refractivity contribution >= 4 is 5.97 Å². The quantitative estimate of drug-likeness (QED) is 0.411. The van der Waals surface area contributed by atoms with Gasteiger partial charge in [-0.15, -0.1) is 0 Å². The largest absolute Gasteiger partial charge is 0.724 e. The fourth-order valence-electron chi connectivity index (χ4n) is 0. The lowest BCUT2D eigenvalue weighted by Crippen LogP contribution is -2.22. The first-order valence-electron chi connectivity index (χ1n) is 2.08. The van der Waals surface area contributed by atoms with Crippen LogP contribution >= 0.6 is 0 Å². The number of hydrogen-bond acceptors (Lipinski definition) is 2. The molecule has 0 aliphatic heterocycles. The molecule has 0 heterocycles. The molecule has 10 heavy (non-hydrogen) atoms. The van der Waals surface area contributed by atoms with Crippen molar-refractivity contribution in [2.45, 2.75) is 6.92 Å². The van der Waals surface area contributed by atoms with Crippen molar-refractivity contribution in [2.75, 3.05) is 0 Å². The summed E-state index contributed by atoms with van der Waals surface area (Å²) in [6.45, 7) is 1.39. The lowest BCUT2D eigenvalue weighted by Gasteiger charge is -1.93. The second-order valence-corrected chi connectivity index (χ2v) is 1.28. The molecule has 0 atom stereocenters. The number of carboxylic acid groups (broad SMARTS) is 1. The third kappa shape index (κ3) is 28.7. The monoisotopic (exact) mass is 154 g/mol. The van der Waals surface area contributed by atoms with Gasteiger partial charge in [0.2, 0.25) is 0 Å². The van der Waals surface area contributed by atoms with Crippen LogP contribution in [0.15, 0.2) is 12.2 Å². The van der Waals surface area contributed by atoms with E-state index in [1.807, 2.05) is 0 Å².